The van der Waals surface area contributed by atoms with Gasteiger partial charge in [-0.3, -0.25) is 4.79 Å². The molecule has 0 saturated heterocycles. The van der Waals surface area contributed by atoms with Gasteiger partial charge in [-0.25, -0.2) is 0 Å². The molecule has 3 aromatic carbocycles. The van der Waals surface area contributed by atoms with Gasteiger partial charge in [-0.15, -0.1) is 0 Å². The van der Waals surface area contributed by atoms with Crippen molar-refractivity contribution in [3.63, 3.8) is 0 Å². The molecule has 1 amide bonds. The van der Waals surface area contributed by atoms with Gasteiger partial charge in [0.15, 0.2) is 0 Å². The van der Waals surface area contributed by atoms with Gasteiger partial charge in [-0.1, -0.05) is 23.9 Å². The van der Waals surface area contributed by atoms with Crippen molar-refractivity contribution in [3.8, 4) is 0 Å². The van der Waals surface area contributed by atoms with Crippen molar-refractivity contribution >= 4 is 29.0 Å². The number of alkyl halides is 3. The van der Waals surface area contributed by atoms with Crippen LogP contribution in [-0.4, -0.2) is 5.91 Å². The third-order valence-electron chi connectivity index (χ3n) is 4.05. The van der Waals surface area contributed by atoms with Crippen LogP contribution in [0.2, 0.25) is 0 Å². The highest BCUT2D eigenvalue weighted by atomic mass is 32.2. The lowest BCUT2D eigenvalue weighted by Gasteiger charge is -2.10. The predicted octanol–water partition coefficient (Wildman–Crippen LogP) is 6.00. The lowest BCUT2D eigenvalue weighted by atomic mass is 10.1. The second kappa shape index (κ2) is 7.98. The SMILES string of the molecule is Cc1ccc(Sc2ccc(NC(=O)c3cccc(C(F)(F)F)c3)cc2)cc1N. The van der Waals surface area contributed by atoms with Crippen molar-refractivity contribution in [2.75, 3.05) is 11.1 Å². The molecule has 3 nitrogen and oxygen atoms in total. The molecule has 0 aliphatic heterocycles. The molecule has 3 N–H and O–H groups in total. The summed E-state index contributed by atoms with van der Waals surface area (Å²) in [6.07, 6.45) is -4.49. The zero-order valence-electron chi connectivity index (χ0n) is 14.9. The lowest BCUT2D eigenvalue weighted by Crippen LogP contribution is -2.13. The largest absolute Gasteiger partial charge is 0.416 e. The van der Waals surface area contributed by atoms with Crippen LogP contribution in [-0.2, 0) is 6.18 Å². The normalized spacial score (nSPS) is 11.3. The van der Waals surface area contributed by atoms with E-state index in [9.17, 15) is 18.0 Å². The van der Waals surface area contributed by atoms with E-state index in [4.69, 9.17) is 5.73 Å². The molecule has 3 aromatic rings. The van der Waals surface area contributed by atoms with E-state index in [0.29, 0.717) is 5.69 Å². The average molecular weight is 402 g/mol. The number of anilines is 2. The van der Waals surface area contributed by atoms with Crippen molar-refractivity contribution in [1.29, 1.82) is 0 Å². The minimum Gasteiger partial charge on any atom is -0.398 e. The first-order valence-electron chi connectivity index (χ1n) is 8.35. The minimum atomic E-state index is -4.49. The van der Waals surface area contributed by atoms with E-state index in [1.165, 1.54) is 23.9 Å². The molecular formula is C21H17F3N2OS. The van der Waals surface area contributed by atoms with Crippen molar-refractivity contribution in [3.05, 3.63) is 83.4 Å². The summed E-state index contributed by atoms with van der Waals surface area (Å²) in [4.78, 5) is 14.2. The number of nitrogens with one attached hydrogen (secondary N) is 1. The number of benzene rings is 3. The molecule has 0 spiro atoms. The van der Waals surface area contributed by atoms with E-state index < -0.39 is 17.6 Å². The van der Waals surface area contributed by atoms with E-state index in [1.54, 1.807) is 12.1 Å². The van der Waals surface area contributed by atoms with Crippen molar-refractivity contribution < 1.29 is 18.0 Å². The van der Waals surface area contributed by atoms with Crippen molar-refractivity contribution in [1.82, 2.24) is 0 Å². The highest BCUT2D eigenvalue weighted by Crippen LogP contribution is 2.31. The third kappa shape index (κ3) is 4.86. The quantitative estimate of drug-likeness (QED) is 0.526. The number of carbonyl (C=O) groups is 1. The third-order valence-corrected chi connectivity index (χ3v) is 5.05. The Bertz CT molecular complexity index is 1000. The maximum absolute atomic E-state index is 12.8. The highest BCUT2D eigenvalue weighted by molar-refractivity contribution is 7.99. The molecule has 0 fully saturated rings. The van der Waals surface area contributed by atoms with E-state index in [-0.39, 0.29) is 5.56 Å². The summed E-state index contributed by atoms with van der Waals surface area (Å²) in [5.41, 5.74) is 7.23. The van der Waals surface area contributed by atoms with Crippen LogP contribution in [0.25, 0.3) is 0 Å². The number of rotatable bonds is 4. The molecule has 28 heavy (non-hydrogen) atoms. The number of amides is 1. The van der Waals surface area contributed by atoms with Crippen LogP contribution in [0.1, 0.15) is 21.5 Å². The Labute approximate surface area is 164 Å². The Kier molecular flexibility index (Phi) is 5.65. The highest BCUT2D eigenvalue weighted by Gasteiger charge is 2.30. The first-order valence-corrected chi connectivity index (χ1v) is 9.17. The number of hydrogen-bond donors (Lipinski definition) is 2. The molecule has 0 saturated carbocycles. The molecular weight excluding hydrogens is 385 g/mol. The zero-order chi connectivity index (χ0) is 20.3. The fraction of sp³-hybridized carbons (Fsp3) is 0.0952. The summed E-state index contributed by atoms with van der Waals surface area (Å²) in [6.45, 7) is 1.94. The van der Waals surface area contributed by atoms with Crippen LogP contribution in [0.4, 0.5) is 24.5 Å². The molecule has 0 aromatic heterocycles. The van der Waals surface area contributed by atoms with Gasteiger partial charge < -0.3 is 11.1 Å². The maximum atomic E-state index is 12.8. The van der Waals surface area contributed by atoms with Crippen molar-refractivity contribution in [2.24, 2.45) is 0 Å². The molecule has 7 heteroatoms. The molecule has 0 atom stereocenters. The molecule has 0 heterocycles. The summed E-state index contributed by atoms with van der Waals surface area (Å²) in [6, 6.07) is 17.2. The Balaban J connectivity index is 1.68. The summed E-state index contributed by atoms with van der Waals surface area (Å²) < 4.78 is 38.4. The standard InChI is InChI=1S/C21H17F3N2OS/c1-13-5-8-18(12-19(13)25)28-17-9-6-16(7-10-17)26-20(27)14-3-2-4-15(11-14)21(22,23)24/h2-12H,25H2,1H3,(H,26,27). The van der Waals surface area contributed by atoms with Gasteiger partial charge in [0.25, 0.3) is 5.91 Å². The monoisotopic (exact) mass is 402 g/mol. The lowest BCUT2D eigenvalue weighted by molar-refractivity contribution is -0.137. The van der Waals surface area contributed by atoms with E-state index in [2.05, 4.69) is 5.32 Å². The van der Waals surface area contributed by atoms with Crippen LogP contribution in [0, 0.1) is 6.92 Å². The Morgan fingerprint density at radius 2 is 1.64 bits per heavy atom. The van der Waals surface area contributed by atoms with Crippen LogP contribution in [0.15, 0.2) is 76.5 Å². The second-order valence-corrected chi connectivity index (χ2v) is 7.32. The van der Waals surface area contributed by atoms with Gasteiger partial charge in [0.1, 0.15) is 0 Å². The minimum absolute atomic E-state index is 0.0524. The summed E-state index contributed by atoms with van der Waals surface area (Å²) in [5.74, 6) is -0.599. The van der Waals surface area contributed by atoms with E-state index >= 15 is 0 Å². The van der Waals surface area contributed by atoms with Crippen LogP contribution < -0.4 is 11.1 Å². The number of aryl methyl sites for hydroxylation is 1. The molecule has 0 unspecified atom stereocenters. The molecule has 0 aliphatic rings. The molecule has 144 valence electrons. The number of carbonyl (C=O) groups excluding carboxylic acids is 1. The second-order valence-electron chi connectivity index (χ2n) is 6.18. The Morgan fingerprint density at radius 3 is 2.29 bits per heavy atom. The Hall–Kier alpha value is -2.93. The van der Waals surface area contributed by atoms with Crippen LogP contribution >= 0.6 is 11.8 Å². The summed E-state index contributed by atoms with van der Waals surface area (Å²) in [5, 5.41) is 2.61. The van der Waals surface area contributed by atoms with Gasteiger partial charge in [-0.2, -0.15) is 13.2 Å². The topological polar surface area (TPSA) is 55.1 Å². The number of halogens is 3. The molecule has 0 bridgehead atoms. The average Bonchev–Trinajstić information content (AvgIpc) is 2.66. The predicted molar refractivity (Wildman–Crippen MR) is 106 cm³/mol. The van der Waals surface area contributed by atoms with E-state index in [0.717, 1.165) is 33.2 Å². The van der Waals surface area contributed by atoms with Gasteiger partial charge in [0.2, 0.25) is 0 Å². The summed E-state index contributed by atoms with van der Waals surface area (Å²) in [7, 11) is 0. The van der Waals surface area contributed by atoms with E-state index in [1.807, 2.05) is 37.3 Å². The zero-order valence-corrected chi connectivity index (χ0v) is 15.7. The fourth-order valence-corrected chi connectivity index (χ4v) is 3.33. The smallest absolute Gasteiger partial charge is 0.398 e. The van der Waals surface area contributed by atoms with Gasteiger partial charge in [0, 0.05) is 26.7 Å². The van der Waals surface area contributed by atoms with Crippen LogP contribution in [0.5, 0.6) is 0 Å². The fourth-order valence-electron chi connectivity index (χ4n) is 2.46. The number of nitrogens with two attached hydrogens (primary N) is 1. The number of hydrogen-bond acceptors (Lipinski definition) is 3. The van der Waals surface area contributed by atoms with Gasteiger partial charge in [0.05, 0.1) is 5.56 Å². The maximum Gasteiger partial charge on any atom is 0.416 e. The van der Waals surface area contributed by atoms with Crippen LogP contribution in [0.3, 0.4) is 0 Å². The Morgan fingerprint density at radius 1 is 0.964 bits per heavy atom. The molecule has 0 radical (unpaired) electrons. The first kappa shape index (κ1) is 19.8. The number of nitrogen functional groups attached to an aromatic ring is 1. The summed E-state index contributed by atoms with van der Waals surface area (Å²) >= 11 is 1.52. The van der Waals surface area contributed by atoms with Gasteiger partial charge >= 0.3 is 6.18 Å². The van der Waals surface area contributed by atoms with Gasteiger partial charge in [-0.05, 0) is 67.1 Å². The first-order chi connectivity index (χ1) is 13.2. The molecule has 0 aliphatic carbocycles. The van der Waals surface area contributed by atoms with Crippen molar-refractivity contribution in [2.45, 2.75) is 22.9 Å². The molecule has 3 rings (SSSR count).